The number of thioether (sulfide) groups is 1. The van der Waals surface area contributed by atoms with E-state index in [1.54, 1.807) is 24.3 Å². The Morgan fingerprint density at radius 3 is 2.62 bits per heavy atom. The molecule has 1 heterocycles. The molecule has 2 amide bonds. The Balaban J connectivity index is 1.38. The average molecular weight is 543 g/mol. The smallest absolute Gasteiger partial charge is 0.341 e. The van der Waals surface area contributed by atoms with Gasteiger partial charge < -0.3 is 20.5 Å². The monoisotopic (exact) mass is 542 g/mol. The minimum absolute atomic E-state index is 0.117. The van der Waals surface area contributed by atoms with E-state index in [1.807, 2.05) is 12.1 Å². The first-order chi connectivity index (χ1) is 17.8. The Labute approximate surface area is 223 Å². The Bertz CT molecular complexity index is 1240. The lowest BCUT2D eigenvalue weighted by molar-refractivity contribution is -0.146. The predicted octanol–water partition coefficient (Wildman–Crippen LogP) is 5.00. The summed E-state index contributed by atoms with van der Waals surface area (Å²) in [6.07, 6.45) is 7.04. The second-order valence-corrected chi connectivity index (χ2v) is 11.5. The van der Waals surface area contributed by atoms with E-state index in [2.05, 4.69) is 17.6 Å². The number of fused-ring (bicyclic) bond motifs is 1. The van der Waals surface area contributed by atoms with Crippen LogP contribution in [-0.2, 0) is 32.0 Å². The molecule has 0 radical (unpaired) electrons. The average Bonchev–Trinajstić information content (AvgIpc) is 3.23. The van der Waals surface area contributed by atoms with Crippen LogP contribution in [0.3, 0.4) is 0 Å². The zero-order valence-electron chi connectivity index (χ0n) is 20.7. The van der Waals surface area contributed by atoms with Gasteiger partial charge in [0.1, 0.15) is 5.00 Å². The second kappa shape index (κ2) is 12.0. The quantitative estimate of drug-likeness (QED) is 0.244. The summed E-state index contributed by atoms with van der Waals surface area (Å²) in [5.74, 6) is -2.70. The third-order valence-electron chi connectivity index (χ3n) is 6.71. The van der Waals surface area contributed by atoms with Gasteiger partial charge in [-0.1, -0.05) is 25.1 Å². The summed E-state index contributed by atoms with van der Waals surface area (Å²) in [4.78, 5) is 51.4. The third-order valence-corrected chi connectivity index (χ3v) is 8.88. The molecular weight excluding hydrogens is 512 g/mol. The zero-order valence-corrected chi connectivity index (χ0v) is 22.4. The topological polar surface area (TPSA) is 122 Å². The number of anilines is 2. The van der Waals surface area contributed by atoms with Crippen LogP contribution in [0.15, 0.2) is 41.3 Å². The Morgan fingerprint density at radius 2 is 1.89 bits per heavy atom. The van der Waals surface area contributed by atoms with Crippen molar-refractivity contribution in [3.63, 3.8) is 0 Å². The highest BCUT2D eigenvalue weighted by atomic mass is 32.2. The van der Waals surface area contributed by atoms with Gasteiger partial charge in [-0.25, -0.2) is 4.79 Å². The van der Waals surface area contributed by atoms with Crippen molar-refractivity contribution in [1.82, 2.24) is 0 Å². The molecule has 0 aliphatic heterocycles. The van der Waals surface area contributed by atoms with Crippen molar-refractivity contribution in [2.24, 2.45) is 17.8 Å². The zero-order chi connectivity index (χ0) is 26.5. The van der Waals surface area contributed by atoms with E-state index >= 15 is 0 Å². The molecule has 0 bridgehead atoms. The highest BCUT2D eigenvalue weighted by Gasteiger charge is 2.34. The molecule has 0 spiro atoms. The van der Waals surface area contributed by atoms with Crippen molar-refractivity contribution in [3.05, 3.63) is 52.4 Å². The first kappa shape index (κ1) is 26.9. The molecule has 196 valence electrons. The van der Waals surface area contributed by atoms with Gasteiger partial charge in [-0.05, 0) is 61.8 Å². The Kier molecular flexibility index (Phi) is 8.71. The fourth-order valence-electron chi connectivity index (χ4n) is 4.74. The molecule has 3 atom stereocenters. The van der Waals surface area contributed by atoms with Crippen LogP contribution in [0.5, 0.6) is 0 Å². The lowest BCUT2D eigenvalue weighted by atomic mass is 9.82. The second-order valence-electron chi connectivity index (χ2n) is 9.40. The highest BCUT2D eigenvalue weighted by Crippen LogP contribution is 2.40. The lowest BCUT2D eigenvalue weighted by Gasteiger charge is -2.24. The molecular formula is C27H30N2O6S2. The normalized spacial score (nSPS) is 20.5. The standard InChI is InChI=1S/C27H30N2O6S2/c1-15-10-11-20-21(12-15)37-25(23(20)27(34)35-2)29-22(30)14-36-17-7-5-6-16(13-17)28-24(31)18-8-3-4-9-19(18)26(32)33/h3-7,13,15,18-19H,8-12,14H2,1-2H3,(H,28,31)(H,29,30)(H,32,33). The Hall–Kier alpha value is -3.11. The fraction of sp³-hybridized carbons (Fsp3) is 0.407. The van der Waals surface area contributed by atoms with E-state index in [0.717, 1.165) is 34.6 Å². The number of thiophene rings is 1. The van der Waals surface area contributed by atoms with Crippen molar-refractivity contribution >= 4 is 57.5 Å². The number of aliphatic carboxylic acids is 1. The van der Waals surface area contributed by atoms with Gasteiger partial charge in [0.05, 0.1) is 30.3 Å². The summed E-state index contributed by atoms with van der Waals surface area (Å²) in [7, 11) is 1.35. The van der Waals surface area contributed by atoms with Gasteiger partial charge in [0.25, 0.3) is 0 Å². The number of methoxy groups -OCH3 is 1. The molecule has 1 aromatic carbocycles. The van der Waals surface area contributed by atoms with Crippen molar-refractivity contribution in [3.8, 4) is 0 Å². The number of hydrogen-bond donors (Lipinski definition) is 3. The minimum Gasteiger partial charge on any atom is -0.481 e. The maximum Gasteiger partial charge on any atom is 0.341 e. The Morgan fingerprint density at radius 1 is 1.14 bits per heavy atom. The number of rotatable bonds is 8. The van der Waals surface area contributed by atoms with Gasteiger partial charge in [0.2, 0.25) is 11.8 Å². The van der Waals surface area contributed by atoms with Gasteiger partial charge in [-0.15, -0.1) is 23.1 Å². The van der Waals surface area contributed by atoms with E-state index in [9.17, 15) is 24.3 Å². The number of hydrogen-bond acceptors (Lipinski definition) is 7. The molecule has 37 heavy (non-hydrogen) atoms. The molecule has 3 unspecified atom stereocenters. The molecule has 1 aromatic heterocycles. The largest absolute Gasteiger partial charge is 0.481 e. The van der Waals surface area contributed by atoms with E-state index in [1.165, 1.54) is 30.2 Å². The van der Waals surface area contributed by atoms with E-state index < -0.39 is 23.8 Å². The summed E-state index contributed by atoms with van der Waals surface area (Å²) >= 11 is 2.75. The maximum atomic E-state index is 12.8. The number of carboxylic acid groups (broad SMARTS) is 1. The van der Waals surface area contributed by atoms with Crippen LogP contribution >= 0.6 is 23.1 Å². The van der Waals surface area contributed by atoms with Crippen LogP contribution in [0, 0.1) is 17.8 Å². The number of esters is 1. The fourth-order valence-corrected chi connectivity index (χ4v) is 6.91. The van der Waals surface area contributed by atoms with E-state index in [-0.39, 0.29) is 17.6 Å². The molecule has 10 heteroatoms. The summed E-state index contributed by atoms with van der Waals surface area (Å²) in [5.41, 5.74) is 2.00. The molecule has 0 fully saturated rings. The van der Waals surface area contributed by atoms with Crippen LogP contribution in [0.25, 0.3) is 0 Å². The first-order valence-electron chi connectivity index (χ1n) is 12.2. The number of allylic oxidation sites excluding steroid dienone is 2. The van der Waals surface area contributed by atoms with Gasteiger partial charge in [-0.2, -0.15) is 0 Å². The minimum atomic E-state index is -0.976. The molecule has 2 aliphatic carbocycles. The summed E-state index contributed by atoms with van der Waals surface area (Å²) in [6, 6.07) is 7.10. The van der Waals surface area contributed by atoms with Crippen LogP contribution in [0.4, 0.5) is 10.7 Å². The summed E-state index contributed by atoms with van der Waals surface area (Å²) < 4.78 is 4.99. The van der Waals surface area contributed by atoms with Gasteiger partial charge in [0, 0.05) is 15.5 Å². The molecule has 4 rings (SSSR count). The van der Waals surface area contributed by atoms with Gasteiger partial charge >= 0.3 is 11.9 Å². The number of carbonyl (C=O) groups excluding carboxylic acids is 3. The van der Waals surface area contributed by atoms with Crippen LogP contribution in [0.2, 0.25) is 0 Å². The number of carbonyl (C=O) groups is 4. The molecule has 2 aromatic rings. The number of ether oxygens (including phenoxy) is 1. The lowest BCUT2D eigenvalue weighted by Crippen LogP contribution is -2.34. The molecule has 0 saturated heterocycles. The number of nitrogens with one attached hydrogen (secondary N) is 2. The van der Waals surface area contributed by atoms with Gasteiger partial charge in [-0.3, -0.25) is 14.4 Å². The maximum absolute atomic E-state index is 12.8. The molecule has 8 nitrogen and oxygen atoms in total. The van der Waals surface area contributed by atoms with Crippen molar-refractivity contribution < 1.29 is 29.0 Å². The third kappa shape index (κ3) is 6.42. The predicted molar refractivity (Wildman–Crippen MR) is 144 cm³/mol. The highest BCUT2D eigenvalue weighted by molar-refractivity contribution is 8.00. The molecule has 3 N–H and O–H groups in total. The van der Waals surface area contributed by atoms with Crippen LogP contribution in [0.1, 0.15) is 47.0 Å². The number of carboxylic acids is 1. The molecule has 0 saturated carbocycles. The van der Waals surface area contributed by atoms with E-state index in [0.29, 0.717) is 35.0 Å². The van der Waals surface area contributed by atoms with Crippen molar-refractivity contribution in [2.75, 3.05) is 23.5 Å². The van der Waals surface area contributed by atoms with Crippen molar-refractivity contribution in [2.45, 2.75) is 43.9 Å². The van der Waals surface area contributed by atoms with Crippen molar-refractivity contribution in [1.29, 1.82) is 0 Å². The SMILES string of the molecule is COC(=O)c1c(NC(=O)CSc2cccc(NC(=O)C3CC=CCC3C(=O)O)c2)sc2c1CCC(C)C2. The van der Waals surface area contributed by atoms with E-state index in [4.69, 9.17) is 4.74 Å². The number of amides is 2. The van der Waals surface area contributed by atoms with Crippen LogP contribution < -0.4 is 10.6 Å². The summed E-state index contributed by atoms with van der Waals surface area (Å²) in [5, 5.41) is 15.7. The molecule has 2 aliphatic rings. The summed E-state index contributed by atoms with van der Waals surface area (Å²) in [6.45, 7) is 2.18. The van der Waals surface area contributed by atoms with Gasteiger partial charge in [0.15, 0.2) is 0 Å². The van der Waals surface area contributed by atoms with Crippen LogP contribution in [-0.4, -0.2) is 41.7 Å². The number of benzene rings is 1. The first-order valence-corrected chi connectivity index (χ1v) is 14.0.